The highest BCUT2D eigenvalue weighted by molar-refractivity contribution is 7.89. The maximum absolute atomic E-state index is 12.2. The van der Waals surface area contributed by atoms with Gasteiger partial charge in [-0.15, -0.1) is 0 Å². The van der Waals surface area contributed by atoms with Crippen LogP contribution in [0.2, 0.25) is 0 Å². The van der Waals surface area contributed by atoms with Gasteiger partial charge in [0.15, 0.2) is 0 Å². The summed E-state index contributed by atoms with van der Waals surface area (Å²) in [6.07, 6.45) is 5.55. The molecule has 2 fully saturated rings. The van der Waals surface area contributed by atoms with Crippen molar-refractivity contribution in [1.82, 2.24) is 9.62 Å². The van der Waals surface area contributed by atoms with Crippen LogP contribution >= 0.6 is 0 Å². The van der Waals surface area contributed by atoms with Gasteiger partial charge in [0, 0.05) is 25.7 Å². The van der Waals surface area contributed by atoms with Gasteiger partial charge in [0.2, 0.25) is 10.0 Å². The predicted octanol–water partition coefficient (Wildman–Crippen LogP) is 1.58. The van der Waals surface area contributed by atoms with Crippen molar-refractivity contribution in [2.24, 2.45) is 5.41 Å². The number of nitrogens with zero attached hydrogens (tertiary/aromatic N) is 1. The molecular formula is C13H26N2O2S. The number of hydrogen-bond acceptors (Lipinski definition) is 3. The Morgan fingerprint density at radius 1 is 1.28 bits per heavy atom. The van der Waals surface area contributed by atoms with Gasteiger partial charge < -0.3 is 5.32 Å². The average molecular weight is 274 g/mol. The van der Waals surface area contributed by atoms with Crippen LogP contribution in [0.4, 0.5) is 0 Å². The molecule has 0 spiro atoms. The van der Waals surface area contributed by atoms with Gasteiger partial charge in [-0.2, -0.15) is 0 Å². The number of hydrogen-bond donors (Lipinski definition) is 1. The molecule has 2 rings (SSSR count). The van der Waals surface area contributed by atoms with Gasteiger partial charge >= 0.3 is 0 Å². The van der Waals surface area contributed by atoms with E-state index < -0.39 is 10.0 Å². The summed E-state index contributed by atoms with van der Waals surface area (Å²) in [6, 6.07) is 0.588. The number of nitrogens with one attached hydrogen (secondary N) is 1. The zero-order valence-corrected chi connectivity index (χ0v) is 12.4. The topological polar surface area (TPSA) is 49.4 Å². The zero-order valence-electron chi connectivity index (χ0n) is 11.6. The van der Waals surface area contributed by atoms with Crippen LogP contribution in [0.3, 0.4) is 0 Å². The van der Waals surface area contributed by atoms with E-state index in [4.69, 9.17) is 0 Å². The third-order valence-electron chi connectivity index (χ3n) is 4.55. The summed E-state index contributed by atoms with van der Waals surface area (Å²) in [5.41, 5.74) is 0.346. The molecule has 1 saturated carbocycles. The number of rotatable bonds is 6. The summed E-state index contributed by atoms with van der Waals surface area (Å²) in [5.74, 6) is 0.256. The van der Waals surface area contributed by atoms with Crippen molar-refractivity contribution in [3.05, 3.63) is 0 Å². The van der Waals surface area contributed by atoms with Crippen molar-refractivity contribution in [1.29, 1.82) is 0 Å². The molecule has 0 amide bonds. The quantitative estimate of drug-likeness (QED) is 0.800. The highest BCUT2D eigenvalue weighted by Crippen LogP contribution is 2.34. The largest absolute Gasteiger partial charge is 0.313 e. The van der Waals surface area contributed by atoms with Crippen LogP contribution in [-0.4, -0.2) is 44.2 Å². The van der Waals surface area contributed by atoms with Gasteiger partial charge in [-0.05, 0) is 31.1 Å². The lowest BCUT2D eigenvalue weighted by molar-refractivity contribution is 0.169. The van der Waals surface area contributed by atoms with E-state index >= 15 is 0 Å². The molecule has 0 bridgehead atoms. The Kier molecular flexibility index (Phi) is 4.34. The molecule has 1 aliphatic heterocycles. The van der Waals surface area contributed by atoms with Gasteiger partial charge in [-0.3, -0.25) is 0 Å². The summed E-state index contributed by atoms with van der Waals surface area (Å²) in [7, 11) is -3.04. The molecule has 4 nitrogen and oxygen atoms in total. The average Bonchev–Trinajstić information content (AvgIpc) is 3.13. The lowest BCUT2D eigenvalue weighted by Crippen LogP contribution is -2.44. The van der Waals surface area contributed by atoms with E-state index in [1.165, 1.54) is 12.8 Å². The molecule has 5 heteroatoms. The Bertz CT molecular complexity index is 368. The van der Waals surface area contributed by atoms with Crippen LogP contribution < -0.4 is 5.32 Å². The minimum absolute atomic E-state index is 0.256. The molecule has 0 aromatic heterocycles. The number of sulfonamides is 1. The lowest BCUT2D eigenvalue weighted by atomic mass is 9.79. The molecule has 18 heavy (non-hydrogen) atoms. The normalized spacial score (nSPS) is 25.2. The minimum atomic E-state index is -3.04. The van der Waals surface area contributed by atoms with Crippen molar-refractivity contribution in [3.8, 4) is 0 Å². The zero-order chi connectivity index (χ0) is 13.2. The molecule has 1 heterocycles. The van der Waals surface area contributed by atoms with E-state index in [0.29, 0.717) is 31.1 Å². The van der Waals surface area contributed by atoms with Crippen molar-refractivity contribution >= 4 is 10.0 Å². The van der Waals surface area contributed by atoms with Crippen molar-refractivity contribution in [2.45, 2.75) is 52.0 Å². The fourth-order valence-electron chi connectivity index (χ4n) is 2.47. The van der Waals surface area contributed by atoms with E-state index in [1.807, 2.05) is 0 Å². The Labute approximate surface area is 111 Å². The van der Waals surface area contributed by atoms with Crippen LogP contribution in [-0.2, 0) is 10.0 Å². The first-order chi connectivity index (χ1) is 8.45. The van der Waals surface area contributed by atoms with Crippen LogP contribution in [0, 0.1) is 5.41 Å². The molecule has 0 radical (unpaired) electrons. The molecule has 1 aliphatic carbocycles. The first-order valence-electron chi connectivity index (χ1n) is 7.16. The Morgan fingerprint density at radius 2 is 1.89 bits per heavy atom. The van der Waals surface area contributed by atoms with Gasteiger partial charge in [0.25, 0.3) is 0 Å². The smallest absolute Gasteiger partial charge is 0.215 e. The molecule has 1 saturated heterocycles. The summed E-state index contributed by atoms with van der Waals surface area (Å²) in [4.78, 5) is 0. The fraction of sp³-hybridized carbons (Fsp3) is 1.00. The highest BCUT2D eigenvalue weighted by Gasteiger charge is 2.33. The Hall–Kier alpha value is -0.130. The molecule has 0 atom stereocenters. The fourth-order valence-corrected chi connectivity index (χ4v) is 3.84. The SMILES string of the molecule is CCC1(C)CCN(S(=O)(=O)CCNC2CC2)CC1. The molecule has 2 aliphatic rings. The molecule has 106 valence electrons. The molecule has 1 N–H and O–H groups in total. The summed E-state index contributed by atoms with van der Waals surface area (Å²) in [5, 5.41) is 3.27. The van der Waals surface area contributed by atoms with Gasteiger partial charge in [-0.1, -0.05) is 20.3 Å². The Balaban J connectivity index is 1.79. The Morgan fingerprint density at radius 3 is 2.39 bits per heavy atom. The molecular weight excluding hydrogens is 248 g/mol. The van der Waals surface area contributed by atoms with Crippen LogP contribution in [0.15, 0.2) is 0 Å². The first kappa shape index (κ1) is 14.3. The molecule has 0 unspecified atom stereocenters. The summed E-state index contributed by atoms with van der Waals surface area (Å²) >= 11 is 0. The van der Waals surface area contributed by atoms with E-state index in [0.717, 1.165) is 19.3 Å². The second kappa shape index (κ2) is 5.47. The summed E-state index contributed by atoms with van der Waals surface area (Å²) < 4.78 is 26.0. The van der Waals surface area contributed by atoms with Crippen LogP contribution in [0.5, 0.6) is 0 Å². The summed E-state index contributed by atoms with van der Waals surface area (Å²) in [6.45, 7) is 6.48. The monoisotopic (exact) mass is 274 g/mol. The molecule has 0 aromatic carbocycles. The van der Waals surface area contributed by atoms with Crippen molar-refractivity contribution in [3.63, 3.8) is 0 Å². The third kappa shape index (κ3) is 3.68. The van der Waals surface area contributed by atoms with Crippen LogP contribution in [0.1, 0.15) is 46.0 Å². The minimum Gasteiger partial charge on any atom is -0.313 e. The number of piperidine rings is 1. The van der Waals surface area contributed by atoms with E-state index in [9.17, 15) is 8.42 Å². The second-order valence-electron chi connectivity index (χ2n) is 6.11. The third-order valence-corrected chi connectivity index (χ3v) is 6.42. The van der Waals surface area contributed by atoms with Crippen LogP contribution in [0.25, 0.3) is 0 Å². The lowest BCUT2D eigenvalue weighted by Gasteiger charge is -2.38. The maximum Gasteiger partial charge on any atom is 0.215 e. The molecule has 0 aromatic rings. The van der Waals surface area contributed by atoms with Gasteiger partial charge in [-0.25, -0.2) is 12.7 Å². The predicted molar refractivity (Wildman–Crippen MR) is 74.0 cm³/mol. The highest BCUT2D eigenvalue weighted by atomic mass is 32.2. The standard InChI is InChI=1S/C13H26N2O2S/c1-3-13(2)6-9-15(10-7-13)18(16,17)11-8-14-12-4-5-12/h12,14H,3-11H2,1-2H3. The first-order valence-corrected chi connectivity index (χ1v) is 8.77. The van der Waals surface area contributed by atoms with Gasteiger partial charge in [0.1, 0.15) is 0 Å². The van der Waals surface area contributed by atoms with Gasteiger partial charge in [0.05, 0.1) is 5.75 Å². The maximum atomic E-state index is 12.2. The van der Waals surface area contributed by atoms with Crippen molar-refractivity contribution in [2.75, 3.05) is 25.4 Å². The van der Waals surface area contributed by atoms with Crippen molar-refractivity contribution < 1.29 is 8.42 Å². The second-order valence-corrected chi connectivity index (χ2v) is 8.20. The van der Waals surface area contributed by atoms with E-state index in [2.05, 4.69) is 19.2 Å². The van der Waals surface area contributed by atoms with E-state index in [1.54, 1.807) is 4.31 Å². The van der Waals surface area contributed by atoms with E-state index in [-0.39, 0.29) is 5.75 Å².